The molecule has 0 radical (unpaired) electrons. The Labute approximate surface area is 121 Å². The molecular formula is C15H17F2NO3. The van der Waals surface area contributed by atoms with E-state index < -0.39 is 29.6 Å². The molecule has 1 saturated carbocycles. The standard InChI is InChI=1S/C15H17F2NO3/c16-11-3-1-2-10(14(11)17)6-7-13(19)18-12(15(20)21)8-9-4-5-9/h1-3,9,12H,4-8H2,(H,18,19)(H,20,21). The van der Waals surface area contributed by atoms with Gasteiger partial charge >= 0.3 is 5.97 Å². The monoisotopic (exact) mass is 297 g/mol. The molecule has 1 aliphatic rings. The third kappa shape index (κ3) is 4.51. The average molecular weight is 297 g/mol. The molecule has 0 aromatic heterocycles. The molecule has 1 aromatic carbocycles. The highest BCUT2D eigenvalue weighted by molar-refractivity contribution is 5.83. The van der Waals surface area contributed by atoms with Crippen LogP contribution in [0.3, 0.4) is 0 Å². The lowest BCUT2D eigenvalue weighted by atomic mass is 10.1. The fourth-order valence-electron chi connectivity index (χ4n) is 2.16. The second kappa shape index (κ2) is 6.65. The summed E-state index contributed by atoms with van der Waals surface area (Å²) < 4.78 is 26.4. The number of carboxylic acids is 1. The predicted molar refractivity (Wildman–Crippen MR) is 71.6 cm³/mol. The highest BCUT2D eigenvalue weighted by Crippen LogP contribution is 2.33. The van der Waals surface area contributed by atoms with E-state index in [0.29, 0.717) is 12.3 Å². The number of aliphatic carboxylic acids is 1. The van der Waals surface area contributed by atoms with E-state index in [1.165, 1.54) is 12.1 Å². The number of hydrogen-bond donors (Lipinski definition) is 2. The number of amides is 1. The minimum absolute atomic E-state index is 0.0329. The number of carboxylic acid groups (broad SMARTS) is 1. The van der Waals surface area contributed by atoms with Gasteiger partial charge in [0.1, 0.15) is 6.04 Å². The molecule has 114 valence electrons. The van der Waals surface area contributed by atoms with Gasteiger partial charge in [0.15, 0.2) is 11.6 Å². The van der Waals surface area contributed by atoms with Crippen LogP contribution in [0, 0.1) is 17.6 Å². The Bertz CT molecular complexity index is 544. The molecule has 1 fully saturated rings. The lowest BCUT2D eigenvalue weighted by molar-refractivity contribution is -0.142. The van der Waals surface area contributed by atoms with E-state index in [2.05, 4.69) is 5.32 Å². The van der Waals surface area contributed by atoms with Crippen molar-refractivity contribution in [3.63, 3.8) is 0 Å². The molecule has 0 aliphatic heterocycles. The van der Waals surface area contributed by atoms with E-state index in [0.717, 1.165) is 18.9 Å². The predicted octanol–water partition coefficient (Wildman–Crippen LogP) is 2.27. The van der Waals surface area contributed by atoms with Gasteiger partial charge in [-0.3, -0.25) is 4.79 Å². The molecule has 0 spiro atoms. The van der Waals surface area contributed by atoms with Gasteiger partial charge in [-0.25, -0.2) is 13.6 Å². The van der Waals surface area contributed by atoms with Crippen molar-refractivity contribution in [2.24, 2.45) is 5.92 Å². The first-order chi connectivity index (χ1) is 9.97. The smallest absolute Gasteiger partial charge is 0.326 e. The van der Waals surface area contributed by atoms with Gasteiger partial charge < -0.3 is 10.4 Å². The SMILES string of the molecule is O=C(CCc1cccc(F)c1F)NC(CC1CC1)C(=O)O. The van der Waals surface area contributed by atoms with Crippen LogP contribution in [0.1, 0.15) is 31.2 Å². The Kier molecular flexibility index (Phi) is 4.88. The van der Waals surface area contributed by atoms with Gasteiger partial charge in [-0.15, -0.1) is 0 Å². The molecule has 1 aliphatic carbocycles. The first kappa shape index (κ1) is 15.4. The van der Waals surface area contributed by atoms with Crippen LogP contribution in [-0.2, 0) is 16.0 Å². The van der Waals surface area contributed by atoms with Crippen molar-refractivity contribution in [1.82, 2.24) is 5.32 Å². The zero-order valence-corrected chi connectivity index (χ0v) is 11.4. The maximum Gasteiger partial charge on any atom is 0.326 e. The summed E-state index contributed by atoms with van der Waals surface area (Å²) in [5.74, 6) is -3.07. The van der Waals surface area contributed by atoms with Gasteiger partial charge in [-0.2, -0.15) is 0 Å². The largest absolute Gasteiger partial charge is 0.480 e. The zero-order valence-electron chi connectivity index (χ0n) is 11.4. The highest BCUT2D eigenvalue weighted by Gasteiger charge is 2.30. The Balaban J connectivity index is 1.85. The van der Waals surface area contributed by atoms with Crippen LogP contribution in [0.25, 0.3) is 0 Å². The van der Waals surface area contributed by atoms with Gasteiger partial charge in [0.2, 0.25) is 5.91 Å². The second-order valence-corrected chi connectivity index (χ2v) is 5.35. The van der Waals surface area contributed by atoms with Gasteiger partial charge in [-0.05, 0) is 30.4 Å². The minimum Gasteiger partial charge on any atom is -0.480 e. The molecule has 1 amide bonds. The molecule has 2 rings (SSSR count). The van der Waals surface area contributed by atoms with Crippen molar-refractivity contribution >= 4 is 11.9 Å². The number of nitrogens with one attached hydrogen (secondary N) is 1. The van der Waals surface area contributed by atoms with Crippen molar-refractivity contribution in [2.45, 2.75) is 38.1 Å². The number of carbonyl (C=O) groups excluding carboxylic acids is 1. The second-order valence-electron chi connectivity index (χ2n) is 5.35. The third-order valence-electron chi connectivity index (χ3n) is 3.55. The quantitative estimate of drug-likeness (QED) is 0.811. The Morgan fingerprint density at radius 3 is 2.67 bits per heavy atom. The number of hydrogen-bond acceptors (Lipinski definition) is 2. The molecule has 2 N–H and O–H groups in total. The summed E-state index contributed by atoms with van der Waals surface area (Å²) in [6, 6.07) is 2.89. The van der Waals surface area contributed by atoms with Gasteiger partial charge in [-0.1, -0.05) is 25.0 Å². The Morgan fingerprint density at radius 1 is 1.33 bits per heavy atom. The van der Waals surface area contributed by atoms with Crippen LogP contribution in [0.2, 0.25) is 0 Å². The molecule has 0 bridgehead atoms. The minimum atomic E-state index is -1.06. The van der Waals surface area contributed by atoms with E-state index in [-0.39, 0.29) is 18.4 Å². The molecule has 1 aromatic rings. The summed E-state index contributed by atoms with van der Waals surface area (Å²) >= 11 is 0. The first-order valence-electron chi connectivity index (χ1n) is 6.92. The van der Waals surface area contributed by atoms with Gasteiger partial charge in [0.05, 0.1) is 0 Å². The number of carbonyl (C=O) groups is 2. The normalized spacial score (nSPS) is 15.5. The number of benzene rings is 1. The van der Waals surface area contributed by atoms with Crippen LogP contribution >= 0.6 is 0 Å². The first-order valence-corrected chi connectivity index (χ1v) is 6.92. The van der Waals surface area contributed by atoms with E-state index >= 15 is 0 Å². The zero-order chi connectivity index (χ0) is 15.4. The molecule has 0 saturated heterocycles. The van der Waals surface area contributed by atoms with Crippen LogP contribution in [0.5, 0.6) is 0 Å². The number of rotatable bonds is 7. The summed E-state index contributed by atoms with van der Waals surface area (Å²) in [4.78, 5) is 22.8. The summed E-state index contributed by atoms with van der Waals surface area (Å²) in [5, 5.41) is 11.5. The van der Waals surface area contributed by atoms with E-state index in [1.807, 2.05) is 0 Å². The van der Waals surface area contributed by atoms with Crippen molar-refractivity contribution < 1.29 is 23.5 Å². The van der Waals surface area contributed by atoms with Crippen LogP contribution < -0.4 is 5.32 Å². The summed E-state index contributed by atoms with van der Waals surface area (Å²) in [6.07, 6.45) is 2.37. The lowest BCUT2D eigenvalue weighted by Crippen LogP contribution is -2.41. The summed E-state index contributed by atoms with van der Waals surface area (Å²) in [7, 11) is 0. The molecule has 6 heteroatoms. The van der Waals surface area contributed by atoms with E-state index in [1.54, 1.807) is 0 Å². The van der Waals surface area contributed by atoms with Gasteiger partial charge in [0.25, 0.3) is 0 Å². The number of aryl methyl sites for hydroxylation is 1. The molecule has 21 heavy (non-hydrogen) atoms. The lowest BCUT2D eigenvalue weighted by Gasteiger charge is -2.14. The molecule has 1 unspecified atom stereocenters. The van der Waals surface area contributed by atoms with Crippen molar-refractivity contribution in [1.29, 1.82) is 0 Å². The van der Waals surface area contributed by atoms with E-state index in [9.17, 15) is 18.4 Å². The van der Waals surface area contributed by atoms with Crippen LogP contribution in [-0.4, -0.2) is 23.0 Å². The van der Waals surface area contributed by atoms with E-state index in [4.69, 9.17) is 5.11 Å². The Morgan fingerprint density at radius 2 is 2.05 bits per heavy atom. The summed E-state index contributed by atoms with van der Waals surface area (Å²) in [5.41, 5.74) is 0.110. The molecular weight excluding hydrogens is 280 g/mol. The molecule has 4 nitrogen and oxygen atoms in total. The fraction of sp³-hybridized carbons (Fsp3) is 0.467. The summed E-state index contributed by atoms with van der Waals surface area (Å²) in [6.45, 7) is 0. The topological polar surface area (TPSA) is 66.4 Å². The fourth-order valence-corrected chi connectivity index (χ4v) is 2.16. The van der Waals surface area contributed by atoms with Crippen molar-refractivity contribution in [2.75, 3.05) is 0 Å². The highest BCUT2D eigenvalue weighted by atomic mass is 19.2. The Hall–Kier alpha value is -1.98. The maximum absolute atomic E-state index is 13.4. The number of halogens is 2. The van der Waals surface area contributed by atoms with Crippen molar-refractivity contribution in [3.8, 4) is 0 Å². The average Bonchev–Trinajstić information content (AvgIpc) is 3.23. The maximum atomic E-state index is 13.4. The molecule has 0 heterocycles. The van der Waals surface area contributed by atoms with Crippen LogP contribution in [0.15, 0.2) is 18.2 Å². The van der Waals surface area contributed by atoms with Crippen LogP contribution in [0.4, 0.5) is 8.78 Å². The molecule has 1 atom stereocenters. The van der Waals surface area contributed by atoms with Crippen molar-refractivity contribution in [3.05, 3.63) is 35.4 Å². The van der Waals surface area contributed by atoms with Gasteiger partial charge in [0, 0.05) is 6.42 Å². The third-order valence-corrected chi connectivity index (χ3v) is 3.55.